The third-order valence-electron chi connectivity index (χ3n) is 3.65. The van der Waals surface area contributed by atoms with Gasteiger partial charge in [-0.15, -0.1) is 0 Å². The molecule has 0 aliphatic heterocycles. The van der Waals surface area contributed by atoms with Crippen molar-refractivity contribution in [2.75, 3.05) is 6.61 Å². The van der Waals surface area contributed by atoms with Crippen LogP contribution in [0.25, 0.3) is 0 Å². The van der Waals surface area contributed by atoms with Crippen LogP contribution < -0.4 is 5.32 Å². The van der Waals surface area contributed by atoms with Crippen LogP contribution in [0.1, 0.15) is 53.4 Å². The van der Waals surface area contributed by atoms with Crippen molar-refractivity contribution in [1.82, 2.24) is 5.32 Å². The van der Waals surface area contributed by atoms with E-state index in [9.17, 15) is 0 Å². The Morgan fingerprint density at radius 1 is 1.27 bits per heavy atom. The molecule has 1 fully saturated rings. The van der Waals surface area contributed by atoms with E-state index in [0.29, 0.717) is 11.5 Å². The third kappa shape index (κ3) is 3.76. The van der Waals surface area contributed by atoms with Crippen LogP contribution >= 0.6 is 0 Å². The van der Waals surface area contributed by atoms with Crippen molar-refractivity contribution in [3.63, 3.8) is 0 Å². The SMILES string of the molecule is C[C@H](CO)N[C@H]1CCCC[C@@H]1C(C)(C)C. The summed E-state index contributed by atoms with van der Waals surface area (Å²) >= 11 is 0. The maximum absolute atomic E-state index is 9.09. The molecular formula is C13H27NO. The van der Waals surface area contributed by atoms with Gasteiger partial charge in [0.15, 0.2) is 0 Å². The fourth-order valence-electron chi connectivity index (χ4n) is 2.79. The molecule has 2 heteroatoms. The van der Waals surface area contributed by atoms with Gasteiger partial charge >= 0.3 is 0 Å². The lowest BCUT2D eigenvalue weighted by Gasteiger charge is -2.42. The first-order chi connectivity index (χ1) is 6.95. The summed E-state index contributed by atoms with van der Waals surface area (Å²) in [5.41, 5.74) is 0.382. The largest absolute Gasteiger partial charge is 0.395 e. The number of rotatable bonds is 3. The van der Waals surface area contributed by atoms with E-state index in [1.807, 2.05) is 0 Å². The summed E-state index contributed by atoms with van der Waals surface area (Å²) in [7, 11) is 0. The standard InChI is InChI=1S/C13H27NO/c1-10(9-15)14-12-8-6-5-7-11(12)13(2,3)4/h10-12,14-15H,5-9H2,1-4H3/t10-,11+,12+/m1/s1. The smallest absolute Gasteiger partial charge is 0.0582 e. The maximum atomic E-state index is 9.09. The second-order valence-electron chi connectivity index (χ2n) is 6.11. The highest BCUT2D eigenvalue weighted by Gasteiger charge is 2.34. The highest BCUT2D eigenvalue weighted by atomic mass is 16.3. The third-order valence-corrected chi connectivity index (χ3v) is 3.65. The molecule has 2 N–H and O–H groups in total. The molecule has 0 aromatic rings. The number of aliphatic hydroxyl groups is 1. The zero-order valence-electron chi connectivity index (χ0n) is 10.7. The van der Waals surface area contributed by atoms with Crippen LogP contribution in [0.5, 0.6) is 0 Å². The van der Waals surface area contributed by atoms with Gasteiger partial charge in [0.05, 0.1) is 6.61 Å². The minimum absolute atomic E-state index is 0.234. The monoisotopic (exact) mass is 213 g/mol. The molecule has 0 aromatic heterocycles. The quantitative estimate of drug-likeness (QED) is 0.755. The van der Waals surface area contributed by atoms with E-state index < -0.39 is 0 Å². The van der Waals surface area contributed by atoms with Crippen LogP contribution in [0.2, 0.25) is 0 Å². The fraction of sp³-hybridized carbons (Fsp3) is 1.00. The lowest BCUT2D eigenvalue weighted by atomic mass is 9.69. The van der Waals surface area contributed by atoms with E-state index in [1.165, 1.54) is 25.7 Å². The van der Waals surface area contributed by atoms with Crippen molar-refractivity contribution < 1.29 is 5.11 Å². The molecule has 90 valence electrons. The van der Waals surface area contributed by atoms with Crippen molar-refractivity contribution in [2.45, 2.75) is 65.5 Å². The second-order valence-corrected chi connectivity index (χ2v) is 6.11. The summed E-state index contributed by atoms with van der Waals surface area (Å²) in [6, 6.07) is 0.832. The van der Waals surface area contributed by atoms with E-state index in [1.54, 1.807) is 0 Å². The Bertz CT molecular complexity index is 185. The van der Waals surface area contributed by atoms with Gasteiger partial charge in [-0.05, 0) is 31.1 Å². The molecule has 0 aromatic carbocycles. The Morgan fingerprint density at radius 2 is 1.87 bits per heavy atom. The zero-order valence-corrected chi connectivity index (χ0v) is 10.7. The Labute approximate surface area is 94.5 Å². The van der Waals surface area contributed by atoms with E-state index in [0.717, 1.165) is 5.92 Å². The molecule has 0 saturated heterocycles. The van der Waals surface area contributed by atoms with Gasteiger partial charge in [0, 0.05) is 12.1 Å². The van der Waals surface area contributed by atoms with Crippen LogP contribution in [0, 0.1) is 11.3 Å². The van der Waals surface area contributed by atoms with Crippen molar-refractivity contribution in [2.24, 2.45) is 11.3 Å². The van der Waals surface area contributed by atoms with Gasteiger partial charge in [-0.1, -0.05) is 33.6 Å². The average Bonchev–Trinajstić information content (AvgIpc) is 2.17. The maximum Gasteiger partial charge on any atom is 0.0582 e. The molecule has 3 atom stereocenters. The summed E-state index contributed by atoms with van der Waals surface area (Å²) < 4.78 is 0. The molecule has 2 nitrogen and oxygen atoms in total. The number of hydrogen-bond donors (Lipinski definition) is 2. The summed E-state index contributed by atoms with van der Waals surface area (Å²) in [5.74, 6) is 0.750. The van der Waals surface area contributed by atoms with Crippen LogP contribution in [0.3, 0.4) is 0 Å². The molecule has 1 saturated carbocycles. The molecule has 0 unspecified atom stereocenters. The first-order valence-corrected chi connectivity index (χ1v) is 6.32. The summed E-state index contributed by atoms with van der Waals surface area (Å²) in [5, 5.41) is 12.7. The molecule has 0 amide bonds. The predicted octanol–water partition coefficient (Wildman–Crippen LogP) is 2.56. The molecule has 1 aliphatic carbocycles. The molecule has 0 radical (unpaired) electrons. The molecule has 0 bridgehead atoms. The zero-order chi connectivity index (χ0) is 11.5. The summed E-state index contributed by atoms with van der Waals surface area (Å²) in [6.07, 6.45) is 5.31. The van der Waals surface area contributed by atoms with Gasteiger partial charge in [-0.2, -0.15) is 0 Å². The van der Waals surface area contributed by atoms with Gasteiger partial charge in [-0.25, -0.2) is 0 Å². The molecule has 1 rings (SSSR count). The average molecular weight is 213 g/mol. The van der Waals surface area contributed by atoms with E-state index in [4.69, 9.17) is 5.11 Å². The van der Waals surface area contributed by atoms with Crippen LogP contribution in [-0.4, -0.2) is 23.8 Å². The highest BCUT2D eigenvalue weighted by Crippen LogP contribution is 2.38. The van der Waals surface area contributed by atoms with E-state index >= 15 is 0 Å². The minimum Gasteiger partial charge on any atom is -0.395 e. The first kappa shape index (κ1) is 13.0. The van der Waals surface area contributed by atoms with Gasteiger partial charge in [0.25, 0.3) is 0 Å². The number of aliphatic hydroxyl groups excluding tert-OH is 1. The van der Waals surface area contributed by atoms with Crippen LogP contribution in [0.4, 0.5) is 0 Å². The molecule has 15 heavy (non-hydrogen) atoms. The van der Waals surface area contributed by atoms with Gasteiger partial charge in [0.2, 0.25) is 0 Å². The van der Waals surface area contributed by atoms with Gasteiger partial charge in [-0.3, -0.25) is 0 Å². The molecule has 0 heterocycles. The minimum atomic E-state index is 0.234. The Balaban J connectivity index is 2.58. The Kier molecular flexibility index (Phi) is 4.60. The second kappa shape index (κ2) is 5.31. The molecule has 0 spiro atoms. The summed E-state index contributed by atoms with van der Waals surface area (Å²) in [4.78, 5) is 0. The van der Waals surface area contributed by atoms with Crippen LogP contribution in [-0.2, 0) is 0 Å². The predicted molar refractivity (Wildman–Crippen MR) is 64.9 cm³/mol. The van der Waals surface area contributed by atoms with E-state index in [2.05, 4.69) is 33.0 Å². The van der Waals surface area contributed by atoms with Crippen molar-refractivity contribution in [3.8, 4) is 0 Å². The highest BCUT2D eigenvalue weighted by molar-refractivity contribution is 4.89. The summed E-state index contributed by atoms with van der Waals surface area (Å²) in [6.45, 7) is 9.31. The fourth-order valence-corrected chi connectivity index (χ4v) is 2.79. The van der Waals surface area contributed by atoms with Crippen molar-refractivity contribution >= 4 is 0 Å². The van der Waals surface area contributed by atoms with Crippen molar-refractivity contribution in [1.29, 1.82) is 0 Å². The molecule has 1 aliphatic rings. The first-order valence-electron chi connectivity index (χ1n) is 6.32. The van der Waals surface area contributed by atoms with E-state index in [-0.39, 0.29) is 12.6 Å². The number of hydrogen-bond acceptors (Lipinski definition) is 2. The molecular weight excluding hydrogens is 186 g/mol. The van der Waals surface area contributed by atoms with Crippen LogP contribution in [0.15, 0.2) is 0 Å². The van der Waals surface area contributed by atoms with Gasteiger partial charge in [0.1, 0.15) is 0 Å². The number of nitrogens with one attached hydrogen (secondary N) is 1. The van der Waals surface area contributed by atoms with Crippen molar-refractivity contribution in [3.05, 3.63) is 0 Å². The van der Waals surface area contributed by atoms with Gasteiger partial charge < -0.3 is 10.4 Å². The Morgan fingerprint density at radius 3 is 2.40 bits per heavy atom. The lowest BCUT2D eigenvalue weighted by molar-refractivity contribution is 0.114. The normalized spacial score (nSPS) is 30.2. The topological polar surface area (TPSA) is 32.3 Å². The Hall–Kier alpha value is -0.0800. The lowest BCUT2D eigenvalue weighted by Crippen LogP contribution is -2.48.